The second-order valence-corrected chi connectivity index (χ2v) is 1.77. The summed E-state index contributed by atoms with van der Waals surface area (Å²) in [6.07, 6.45) is 0.788. The first-order valence-electron chi connectivity index (χ1n) is 2.64. The van der Waals surface area contributed by atoms with E-state index in [9.17, 15) is 19.5 Å². The van der Waals surface area contributed by atoms with Crippen molar-refractivity contribution in [3.63, 3.8) is 0 Å². The first-order chi connectivity index (χ1) is 5.11. The van der Waals surface area contributed by atoms with E-state index in [1.807, 2.05) is 4.98 Å². The average molecular weight is 180 g/mol. The van der Waals surface area contributed by atoms with Crippen LogP contribution in [0.4, 0.5) is 0 Å². The topological polar surface area (TPSA) is 137 Å². The Bertz CT molecular complexity index is 394. The first-order valence-corrected chi connectivity index (χ1v) is 2.64. The summed E-state index contributed by atoms with van der Waals surface area (Å²) in [5, 5.41) is 10.1. The van der Waals surface area contributed by atoms with Crippen LogP contribution in [0.2, 0.25) is 0 Å². The van der Waals surface area contributed by atoms with Crippen LogP contribution in [0.15, 0.2) is 15.8 Å². The van der Waals surface area contributed by atoms with E-state index in [4.69, 9.17) is 0 Å². The van der Waals surface area contributed by atoms with Gasteiger partial charge in [-0.1, -0.05) is 0 Å². The molecule has 1 rings (SSSR count). The van der Waals surface area contributed by atoms with E-state index >= 15 is 0 Å². The molecule has 0 amide bonds. The molecular formula is C5H5LiN2O5. The zero-order valence-electron chi connectivity index (χ0n) is 6.71. The number of nitrogens with one attached hydrogen (secondary N) is 2. The molecule has 0 aliphatic heterocycles. The van der Waals surface area contributed by atoms with Crippen molar-refractivity contribution in [3.8, 4) is 0 Å². The molecule has 13 heavy (non-hydrogen) atoms. The molecule has 0 aliphatic carbocycles. The fourth-order valence-electron chi connectivity index (χ4n) is 0.561. The summed E-state index contributed by atoms with van der Waals surface area (Å²) in [5.41, 5.74) is -2.31. The van der Waals surface area contributed by atoms with Crippen molar-refractivity contribution in [1.29, 1.82) is 0 Å². The second-order valence-electron chi connectivity index (χ2n) is 1.77. The van der Waals surface area contributed by atoms with Crippen molar-refractivity contribution in [2.45, 2.75) is 0 Å². The molecule has 1 aromatic heterocycles. The molecule has 1 aromatic rings. The molecule has 4 N–H and O–H groups in total. The van der Waals surface area contributed by atoms with Crippen LogP contribution < -0.4 is 35.2 Å². The molecule has 0 saturated heterocycles. The van der Waals surface area contributed by atoms with Gasteiger partial charge in [-0.2, -0.15) is 0 Å². The predicted molar refractivity (Wildman–Crippen MR) is 35.6 cm³/mol. The smallest absolute Gasteiger partial charge is 0.545 e. The summed E-state index contributed by atoms with van der Waals surface area (Å²) in [4.78, 5) is 34.7. The number of carboxylic acid groups (broad SMARTS) is 1. The Kier molecular flexibility index (Phi) is 5.88. The number of carboxylic acids is 1. The van der Waals surface area contributed by atoms with Crippen LogP contribution in [0.5, 0.6) is 0 Å². The van der Waals surface area contributed by atoms with Gasteiger partial charge < -0.3 is 20.4 Å². The predicted octanol–water partition coefficient (Wildman–Crippen LogP) is -6.39. The molecule has 0 spiro atoms. The SMILES string of the molecule is O.O=C([O-])c1c[nH]c(=O)[nH]c1=O.[Li+]. The molecule has 0 aromatic carbocycles. The third-order valence-corrected chi connectivity index (χ3v) is 1.04. The van der Waals surface area contributed by atoms with Crippen LogP contribution in [-0.4, -0.2) is 21.4 Å². The van der Waals surface area contributed by atoms with Gasteiger partial charge in [0.2, 0.25) is 0 Å². The van der Waals surface area contributed by atoms with E-state index in [1.54, 1.807) is 4.98 Å². The van der Waals surface area contributed by atoms with Crippen molar-refractivity contribution in [2.24, 2.45) is 0 Å². The van der Waals surface area contributed by atoms with E-state index in [-0.39, 0.29) is 24.3 Å². The van der Waals surface area contributed by atoms with Crippen LogP contribution in [0, 0.1) is 0 Å². The van der Waals surface area contributed by atoms with E-state index in [2.05, 4.69) is 0 Å². The third kappa shape index (κ3) is 3.29. The zero-order chi connectivity index (χ0) is 8.43. The number of aromatic amines is 2. The third-order valence-electron chi connectivity index (χ3n) is 1.04. The van der Waals surface area contributed by atoms with Gasteiger partial charge in [0.05, 0.1) is 11.5 Å². The molecule has 0 saturated carbocycles. The van der Waals surface area contributed by atoms with E-state index < -0.39 is 22.8 Å². The van der Waals surface area contributed by atoms with Gasteiger partial charge in [-0.15, -0.1) is 0 Å². The minimum atomic E-state index is -1.62. The molecule has 0 bridgehead atoms. The maximum atomic E-state index is 10.6. The minimum Gasteiger partial charge on any atom is -0.545 e. The number of hydrogen-bond donors (Lipinski definition) is 2. The van der Waals surface area contributed by atoms with Crippen LogP contribution >= 0.6 is 0 Å². The summed E-state index contributed by atoms with van der Waals surface area (Å²) >= 11 is 0. The average Bonchev–Trinajstić information content (AvgIpc) is 1.85. The summed E-state index contributed by atoms with van der Waals surface area (Å²) in [6.45, 7) is 0. The van der Waals surface area contributed by atoms with Crippen molar-refractivity contribution < 1.29 is 34.2 Å². The van der Waals surface area contributed by atoms with E-state index in [0.717, 1.165) is 6.20 Å². The van der Waals surface area contributed by atoms with Crippen molar-refractivity contribution in [2.75, 3.05) is 0 Å². The molecule has 0 fully saturated rings. The molecule has 8 heteroatoms. The Hall–Kier alpha value is -1.29. The molecule has 1 heterocycles. The van der Waals surface area contributed by atoms with Crippen LogP contribution in [-0.2, 0) is 0 Å². The van der Waals surface area contributed by atoms with Gasteiger partial charge in [-0.25, -0.2) is 4.79 Å². The number of H-pyrrole nitrogens is 2. The molecule has 0 unspecified atom stereocenters. The van der Waals surface area contributed by atoms with Gasteiger partial charge >= 0.3 is 24.6 Å². The van der Waals surface area contributed by atoms with Gasteiger partial charge in [-0.05, 0) is 0 Å². The number of hydrogen-bond acceptors (Lipinski definition) is 4. The maximum Gasteiger partial charge on any atom is 1.00 e. The van der Waals surface area contributed by atoms with Gasteiger partial charge in [0.1, 0.15) is 0 Å². The van der Waals surface area contributed by atoms with E-state index in [1.165, 1.54) is 0 Å². The Balaban J connectivity index is 0. The molecule has 66 valence electrons. The quantitative estimate of drug-likeness (QED) is 0.415. The summed E-state index contributed by atoms with van der Waals surface area (Å²) in [7, 11) is 0. The van der Waals surface area contributed by atoms with Crippen LogP contribution in [0.1, 0.15) is 10.4 Å². The maximum absolute atomic E-state index is 10.6. The molecule has 0 aliphatic rings. The Morgan fingerprint density at radius 1 is 1.38 bits per heavy atom. The van der Waals surface area contributed by atoms with Gasteiger partial charge in [0.25, 0.3) is 5.56 Å². The zero-order valence-corrected chi connectivity index (χ0v) is 6.71. The van der Waals surface area contributed by atoms with Crippen LogP contribution in [0.3, 0.4) is 0 Å². The number of carbonyl (C=O) groups excluding carboxylic acids is 1. The number of carbonyl (C=O) groups is 1. The second kappa shape index (κ2) is 5.37. The van der Waals surface area contributed by atoms with Gasteiger partial charge in [0.15, 0.2) is 0 Å². The number of aromatic carboxylic acids is 1. The fraction of sp³-hybridized carbons (Fsp3) is 0. The summed E-state index contributed by atoms with van der Waals surface area (Å²) in [5.74, 6) is -1.62. The van der Waals surface area contributed by atoms with Crippen molar-refractivity contribution in [1.82, 2.24) is 9.97 Å². The van der Waals surface area contributed by atoms with E-state index in [0.29, 0.717) is 0 Å². The fourth-order valence-corrected chi connectivity index (χ4v) is 0.561. The minimum absolute atomic E-state index is 0. The van der Waals surface area contributed by atoms with Gasteiger partial charge in [-0.3, -0.25) is 9.78 Å². The van der Waals surface area contributed by atoms with Crippen molar-refractivity contribution in [3.05, 3.63) is 32.6 Å². The number of rotatable bonds is 1. The Morgan fingerprint density at radius 2 is 1.92 bits per heavy atom. The first kappa shape index (κ1) is 14.2. The monoisotopic (exact) mass is 180 g/mol. The Morgan fingerprint density at radius 3 is 2.31 bits per heavy atom. The summed E-state index contributed by atoms with van der Waals surface area (Å²) < 4.78 is 0. The molecule has 0 atom stereocenters. The normalized spacial score (nSPS) is 8.00. The van der Waals surface area contributed by atoms with Crippen molar-refractivity contribution >= 4 is 5.97 Å². The largest absolute Gasteiger partial charge is 1.00 e. The molecule has 7 nitrogen and oxygen atoms in total. The standard InChI is InChI=1S/C5H4N2O4.Li.H2O/c8-3-2(4(9)10)1-6-5(11)7-3;;/h1H,(H,9,10)(H2,6,7,8,11);;1H2/q;+1;/p-1. The number of aromatic nitrogens is 2. The molecular weight excluding hydrogens is 175 g/mol. The van der Waals surface area contributed by atoms with Gasteiger partial charge in [0, 0.05) is 6.20 Å². The van der Waals surface area contributed by atoms with Crippen LogP contribution in [0.25, 0.3) is 0 Å². The molecule has 0 radical (unpaired) electrons. The summed E-state index contributed by atoms with van der Waals surface area (Å²) in [6, 6.07) is 0. The Labute approximate surface area is 83.3 Å².